The van der Waals surface area contributed by atoms with Gasteiger partial charge in [-0.1, -0.05) is 36.7 Å². The Bertz CT molecular complexity index is 552. The van der Waals surface area contributed by atoms with Gasteiger partial charge in [-0.25, -0.2) is 0 Å². The summed E-state index contributed by atoms with van der Waals surface area (Å²) in [6.07, 6.45) is 0.800. The highest BCUT2D eigenvalue weighted by Crippen LogP contribution is 2.25. The first-order valence-corrected chi connectivity index (χ1v) is 6.63. The zero-order valence-corrected chi connectivity index (χ0v) is 12.1. The third-order valence-electron chi connectivity index (χ3n) is 2.54. The number of halogens is 1. The van der Waals surface area contributed by atoms with Gasteiger partial charge < -0.3 is 9.26 Å². The molecule has 0 atom stereocenters. The van der Waals surface area contributed by atoms with Gasteiger partial charge in [0.1, 0.15) is 5.75 Å². The SMILES string of the molecule is Cc1ccc(Cl)c(OCc2nc(CC(C)C)no2)c1. The van der Waals surface area contributed by atoms with E-state index in [1.807, 2.05) is 25.1 Å². The van der Waals surface area contributed by atoms with E-state index >= 15 is 0 Å². The van der Waals surface area contributed by atoms with Gasteiger partial charge in [0.25, 0.3) is 5.89 Å². The van der Waals surface area contributed by atoms with Crippen molar-refractivity contribution in [3.63, 3.8) is 0 Å². The molecule has 2 aromatic rings. The molecule has 5 heteroatoms. The Balaban J connectivity index is 1.98. The van der Waals surface area contributed by atoms with Gasteiger partial charge in [-0.15, -0.1) is 0 Å². The van der Waals surface area contributed by atoms with Crippen LogP contribution in [0.5, 0.6) is 5.75 Å². The van der Waals surface area contributed by atoms with Crippen LogP contribution in [0.4, 0.5) is 0 Å². The van der Waals surface area contributed by atoms with E-state index in [-0.39, 0.29) is 6.61 Å². The first kappa shape index (κ1) is 13.9. The predicted octanol–water partition coefficient (Wildman–Crippen LogP) is 3.81. The molecule has 1 heterocycles. The van der Waals surface area contributed by atoms with E-state index in [9.17, 15) is 0 Å². The second-order valence-corrected chi connectivity index (χ2v) is 5.33. The van der Waals surface area contributed by atoms with Crippen molar-refractivity contribution in [1.29, 1.82) is 0 Å². The Morgan fingerprint density at radius 1 is 1.37 bits per heavy atom. The predicted molar refractivity (Wildman–Crippen MR) is 73.4 cm³/mol. The summed E-state index contributed by atoms with van der Waals surface area (Å²) in [5.74, 6) is 2.31. The summed E-state index contributed by atoms with van der Waals surface area (Å²) < 4.78 is 10.7. The fourth-order valence-electron chi connectivity index (χ4n) is 1.66. The van der Waals surface area contributed by atoms with Gasteiger partial charge in [0.15, 0.2) is 12.4 Å². The van der Waals surface area contributed by atoms with Crippen molar-refractivity contribution in [1.82, 2.24) is 10.1 Å². The minimum atomic E-state index is 0.230. The molecular formula is C14H17ClN2O2. The maximum atomic E-state index is 6.04. The molecule has 0 bridgehead atoms. The molecule has 1 aromatic heterocycles. The molecule has 0 amide bonds. The van der Waals surface area contributed by atoms with Gasteiger partial charge in [-0.3, -0.25) is 0 Å². The zero-order chi connectivity index (χ0) is 13.8. The summed E-state index contributed by atoms with van der Waals surface area (Å²) in [5.41, 5.74) is 1.09. The van der Waals surface area contributed by atoms with Gasteiger partial charge in [0, 0.05) is 6.42 Å². The number of ether oxygens (including phenoxy) is 1. The maximum absolute atomic E-state index is 6.04. The minimum Gasteiger partial charge on any atom is -0.482 e. The second kappa shape index (κ2) is 6.06. The van der Waals surface area contributed by atoms with E-state index in [2.05, 4.69) is 24.0 Å². The van der Waals surface area contributed by atoms with Crippen LogP contribution < -0.4 is 4.74 Å². The van der Waals surface area contributed by atoms with E-state index < -0.39 is 0 Å². The highest BCUT2D eigenvalue weighted by molar-refractivity contribution is 6.32. The molecule has 0 aliphatic rings. The van der Waals surface area contributed by atoms with Gasteiger partial charge in [-0.2, -0.15) is 4.98 Å². The summed E-state index contributed by atoms with van der Waals surface area (Å²) in [4.78, 5) is 4.27. The fourth-order valence-corrected chi connectivity index (χ4v) is 1.83. The van der Waals surface area contributed by atoms with E-state index in [1.54, 1.807) is 0 Å². The number of hydrogen-bond donors (Lipinski definition) is 0. The third-order valence-corrected chi connectivity index (χ3v) is 2.85. The molecule has 0 unspecified atom stereocenters. The lowest BCUT2D eigenvalue weighted by Crippen LogP contribution is -1.99. The Hall–Kier alpha value is -1.55. The Labute approximate surface area is 117 Å². The van der Waals surface area contributed by atoms with Crippen molar-refractivity contribution in [3.05, 3.63) is 40.5 Å². The molecule has 0 saturated carbocycles. The average molecular weight is 281 g/mol. The highest BCUT2D eigenvalue weighted by atomic mass is 35.5. The summed E-state index contributed by atoms with van der Waals surface area (Å²) in [6, 6.07) is 5.63. The van der Waals surface area contributed by atoms with Gasteiger partial charge in [-0.05, 0) is 30.5 Å². The number of nitrogens with zero attached hydrogens (tertiary/aromatic N) is 2. The molecule has 0 saturated heterocycles. The van der Waals surface area contributed by atoms with Crippen LogP contribution in [0.2, 0.25) is 5.02 Å². The number of benzene rings is 1. The lowest BCUT2D eigenvalue weighted by molar-refractivity contribution is 0.242. The monoisotopic (exact) mass is 280 g/mol. The molecule has 0 spiro atoms. The lowest BCUT2D eigenvalue weighted by Gasteiger charge is -2.06. The molecular weight excluding hydrogens is 264 g/mol. The van der Waals surface area contributed by atoms with Crippen molar-refractivity contribution >= 4 is 11.6 Å². The molecule has 0 aliphatic heterocycles. The van der Waals surface area contributed by atoms with E-state index in [1.165, 1.54) is 0 Å². The van der Waals surface area contributed by atoms with Crippen molar-refractivity contribution in [2.45, 2.75) is 33.8 Å². The molecule has 0 fully saturated rings. The topological polar surface area (TPSA) is 48.2 Å². The Kier molecular flexibility index (Phi) is 4.43. The van der Waals surface area contributed by atoms with Crippen molar-refractivity contribution in [2.75, 3.05) is 0 Å². The van der Waals surface area contributed by atoms with Crippen molar-refractivity contribution in [2.24, 2.45) is 5.92 Å². The summed E-state index contributed by atoms with van der Waals surface area (Å²) in [7, 11) is 0. The first-order valence-electron chi connectivity index (χ1n) is 6.25. The van der Waals surface area contributed by atoms with E-state index in [0.29, 0.717) is 28.4 Å². The van der Waals surface area contributed by atoms with Gasteiger partial charge in [0.05, 0.1) is 5.02 Å². The number of aryl methyl sites for hydroxylation is 1. The van der Waals surface area contributed by atoms with Crippen LogP contribution in [0.15, 0.2) is 22.7 Å². The molecule has 0 N–H and O–H groups in total. The third kappa shape index (κ3) is 3.96. The van der Waals surface area contributed by atoms with E-state index in [0.717, 1.165) is 12.0 Å². The fraction of sp³-hybridized carbons (Fsp3) is 0.429. The molecule has 19 heavy (non-hydrogen) atoms. The second-order valence-electron chi connectivity index (χ2n) is 4.92. The maximum Gasteiger partial charge on any atom is 0.264 e. The molecule has 102 valence electrons. The van der Waals surface area contributed by atoms with Crippen LogP contribution in [-0.4, -0.2) is 10.1 Å². The number of hydrogen-bond acceptors (Lipinski definition) is 4. The summed E-state index contributed by atoms with van der Waals surface area (Å²) in [5, 5.41) is 4.49. The van der Waals surface area contributed by atoms with Crippen molar-refractivity contribution in [3.8, 4) is 5.75 Å². The van der Waals surface area contributed by atoms with Crippen LogP contribution in [0.3, 0.4) is 0 Å². The quantitative estimate of drug-likeness (QED) is 0.835. The molecule has 1 aromatic carbocycles. The normalized spacial score (nSPS) is 11.0. The number of rotatable bonds is 5. The Morgan fingerprint density at radius 2 is 2.16 bits per heavy atom. The average Bonchev–Trinajstić information content (AvgIpc) is 2.77. The smallest absolute Gasteiger partial charge is 0.264 e. The standard InChI is InChI=1S/C14H17ClN2O2/c1-9(2)6-13-16-14(19-17-13)8-18-12-7-10(3)4-5-11(12)15/h4-5,7,9H,6,8H2,1-3H3. The number of aromatic nitrogens is 2. The molecule has 0 radical (unpaired) electrons. The molecule has 0 aliphatic carbocycles. The van der Waals surface area contributed by atoms with Crippen LogP contribution in [0, 0.1) is 12.8 Å². The summed E-state index contributed by atoms with van der Waals surface area (Å²) >= 11 is 6.04. The summed E-state index contributed by atoms with van der Waals surface area (Å²) in [6.45, 7) is 6.43. The zero-order valence-electron chi connectivity index (χ0n) is 11.3. The van der Waals surface area contributed by atoms with Crippen LogP contribution in [0.25, 0.3) is 0 Å². The first-order chi connectivity index (χ1) is 9.04. The Morgan fingerprint density at radius 3 is 2.89 bits per heavy atom. The molecule has 2 rings (SSSR count). The van der Waals surface area contributed by atoms with Crippen LogP contribution >= 0.6 is 11.6 Å². The van der Waals surface area contributed by atoms with Gasteiger partial charge in [0.2, 0.25) is 0 Å². The largest absolute Gasteiger partial charge is 0.482 e. The van der Waals surface area contributed by atoms with Crippen LogP contribution in [0.1, 0.15) is 31.1 Å². The van der Waals surface area contributed by atoms with Gasteiger partial charge >= 0.3 is 0 Å². The molecule has 4 nitrogen and oxygen atoms in total. The van der Waals surface area contributed by atoms with E-state index in [4.69, 9.17) is 20.9 Å². The lowest BCUT2D eigenvalue weighted by atomic mass is 10.1. The van der Waals surface area contributed by atoms with Crippen molar-refractivity contribution < 1.29 is 9.26 Å². The minimum absolute atomic E-state index is 0.230. The van der Waals surface area contributed by atoms with Crippen LogP contribution in [-0.2, 0) is 13.0 Å². The highest BCUT2D eigenvalue weighted by Gasteiger charge is 2.09.